The Balaban J connectivity index is 1.08. The Hall–Kier alpha value is -3.72. The summed E-state index contributed by atoms with van der Waals surface area (Å²) in [6, 6.07) is 58.4. The second-order valence-corrected chi connectivity index (χ2v) is 20.1. The van der Waals surface area contributed by atoms with Gasteiger partial charge < -0.3 is 0 Å². The molecule has 0 spiro atoms. The second-order valence-electron chi connectivity index (χ2n) is 12.8. The summed E-state index contributed by atoms with van der Waals surface area (Å²) in [6.45, 7) is 4.51. The van der Waals surface area contributed by atoms with E-state index in [1.165, 1.54) is 46.0 Å². The van der Waals surface area contributed by atoms with Crippen molar-refractivity contribution in [1.29, 1.82) is 0 Å². The molecule has 6 aromatic carbocycles. The van der Waals surface area contributed by atoms with Crippen molar-refractivity contribution in [3.8, 4) is 17.2 Å². The Morgan fingerprint density at radius 3 is 0.887 bits per heavy atom. The van der Waals surface area contributed by atoms with Crippen molar-refractivity contribution < 1.29 is 14.2 Å². The van der Waals surface area contributed by atoms with Gasteiger partial charge in [0.2, 0.25) is 0 Å². The van der Waals surface area contributed by atoms with Gasteiger partial charge in [-0.1, -0.05) is 0 Å². The van der Waals surface area contributed by atoms with Crippen LogP contribution >= 0.6 is 0 Å². The van der Waals surface area contributed by atoms with E-state index in [1.54, 1.807) is 0 Å². The van der Waals surface area contributed by atoms with Gasteiger partial charge in [-0.25, -0.2) is 0 Å². The third-order valence-electron chi connectivity index (χ3n) is 9.00. The maximum absolute atomic E-state index is 6.19. The van der Waals surface area contributed by atoms with Crippen molar-refractivity contribution in [2.45, 2.75) is 47.6 Å². The van der Waals surface area contributed by atoms with Crippen molar-refractivity contribution >= 4 is 58.3 Å². The van der Waals surface area contributed by atoms with Crippen LogP contribution in [0.2, 0.25) is 16.0 Å². The van der Waals surface area contributed by atoms with Crippen molar-refractivity contribution in [2.24, 2.45) is 0 Å². The molecule has 0 unspecified atom stereocenters. The van der Waals surface area contributed by atoms with Crippen LogP contribution < -0.4 is 27.6 Å². The molecule has 0 amide bonds. The molecule has 0 radical (unpaired) electrons. The van der Waals surface area contributed by atoms with Gasteiger partial charge in [-0.15, -0.1) is 0 Å². The van der Waals surface area contributed by atoms with Gasteiger partial charge in [0.25, 0.3) is 0 Å². The quantitative estimate of drug-likeness (QED) is 0.0412. The van der Waals surface area contributed by atoms with Crippen LogP contribution in [0.5, 0.6) is 17.2 Å². The minimum absolute atomic E-state index is 0.385. The standard InChI is InChI=1S/C47H48O3Se3/c1-47(38-20-26-41(27-21-38)48-32-11-35-51-44-14-5-2-6-15-44,39-22-28-42(29-23-39)49-33-12-36-52-45-16-7-3-8-17-45)40-24-30-43(31-25-40)50-34-13-37-53-46-18-9-4-10-19-46/h2-10,14-31H,11-13,32-37H2,1H3. The van der Waals surface area contributed by atoms with E-state index in [9.17, 15) is 0 Å². The molecule has 53 heavy (non-hydrogen) atoms. The summed E-state index contributed by atoms with van der Waals surface area (Å²) in [5.41, 5.74) is 3.26. The predicted octanol–water partition coefficient (Wildman–Crippen LogP) is 8.69. The molecular formula is C47H48O3Se3. The normalized spacial score (nSPS) is 11.3. The minimum atomic E-state index is -0.385. The first-order valence-corrected chi connectivity index (χ1v) is 24.6. The third kappa shape index (κ3) is 12.1. The van der Waals surface area contributed by atoms with Crippen molar-refractivity contribution in [2.75, 3.05) is 19.8 Å². The average Bonchev–Trinajstić information content (AvgIpc) is 3.22. The van der Waals surface area contributed by atoms with Crippen LogP contribution in [0.25, 0.3) is 0 Å². The van der Waals surface area contributed by atoms with E-state index in [4.69, 9.17) is 14.2 Å². The summed E-state index contributed by atoms with van der Waals surface area (Å²) in [5, 5.41) is 3.53. The molecule has 0 N–H and O–H groups in total. The van der Waals surface area contributed by atoms with Gasteiger partial charge in [0, 0.05) is 0 Å². The first-order valence-electron chi connectivity index (χ1n) is 18.4. The predicted molar refractivity (Wildman–Crippen MR) is 225 cm³/mol. The summed E-state index contributed by atoms with van der Waals surface area (Å²) in [6.07, 6.45) is 3.16. The molecule has 0 aromatic heterocycles. The van der Waals surface area contributed by atoms with Crippen LogP contribution in [0.15, 0.2) is 164 Å². The molecule has 0 saturated carbocycles. The van der Waals surface area contributed by atoms with E-state index in [-0.39, 0.29) is 5.41 Å². The number of hydrogen-bond donors (Lipinski definition) is 0. The molecule has 0 atom stereocenters. The van der Waals surface area contributed by atoms with Crippen LogP contribution in [0, 0.1) is 0 Å². The molecule has 0 fully saturated rings. The van der Waals surface area contributed by atoms with Gasteiger partial charge in [0.05, 0.1) is 0 Å². The SMILES string of the molecule is CC(c1ccc(OCCC[Se]c2ccccc2)cc1)(c1ccc(OCCC[Se]c2ccccc2)cc1)c1ccc(OCCC[Se]c2ccccc2)cc1. The van der Waals surface area contributed by atoms with Gasteiger partial charge in [0.15, 0.2) is 0 Å². The number of rotatable bonds is 21. The third-order valence-corrected chi connectivity index (χ3v) is 15.9. The van der Waals surface area contributed by atoms with E-state index >= 15 is 0 Å². The Labute approximate surface area is 335 Å². The van der Waals surface area contributed by atoms with Gasteiger partial charge in [0.1, 0.15) is 0 Å². The van der Waals surface area contributed by atoms with Gasteiger partial charge >= 0.3 is 338 Å². The van der Waals surface area contributed by atoms with E-state index in [0.29, 0.717) is 44.9 Å². The Kier molecular flexibility index (Phi) is 15.6. The van der Waals surface area contributed by atoms with Gasteiger partial charge in [-0.05, 0) is 0 Å². The molecule has 6 aromatic rings. The van der Waals surface area contributed by atoms with Crippen molar-refractivity contribution in [3.05, 3.63) is 180 Å². The monoisotopic (exact) mass is 900 g/mol. The number of hydrogen-bond acceptors (Lipinski definition) is 3. The summed E-state index contributed by atoms with van der Waals surface area (Å²) < 4.78 is 22.9. The molecule has 272 valence electrons. The van der Waals surface area contributed by atoms with Crippen LogP contribution in [0.1, 0.15) is 42.9 Å². The maximum atomic E-state index is 6.19. The molecular weight excluding hydrogens is 849 g/mol. The summed E-state index contributed by atoms with van der Waals surface area (Å²) >= 11 is 1.47. The molecule has 0 aliphatic carbocycles. The molecule has 0 saturated heterocycles. The number of ether oxygens (including phenoxy) is 3. The van der Waals surface area contributed by atoms with E-state index < -0.39 is 0 Å². The molecule has 6 heteroatoms. The zero-order valence-corrected chi connectivity index (χ0v) is 35.5. The fourth-order valence-corrected chi connectivity index (χ4v) is 11.4. The summed E-state index contributed by atoms with van der Waals surface area (Å²) in [7, 11) is 0. The van der Waals surface area contributed by atoms with Crippen LogP contribution in [-0.4, -0.2) is 64.7 Å². The Morgan fingerprint density at radius 1 is 0.358 bits per heavy atom. The van der Waals surface area contributed by atoms with Gasteiger partial charge in [-0.2, -0.15) is 0 Å². The van der Waals surface area contributed by atoms with E-state index in [2.05, 4.69) is 171 Å². The molecule has 0 aliphatic heterocycles. The Bertz CT molecular complexity index is 1660. The topological polar surface area (TPSA) is 27.7 Å². The average molecular weight is 898 g/mol. The van der Waals surface area contributed by atoms with Crippen molar-refractivity contribution in [3.63, 3.8) is 0 Å². The fourth-order valence-electron chi connectivity index (χ4n) is 6.02. The van der Waals surface area contributed by atoms with Crippen LogP contribution in [0.4, 0.5) is 0 Å². The zero-order chi connectivity index (χ0) is 36.4. The van der Waals surface area contributed by atoms with Crippen molar-refractivity contribution in [1.82, 2.24) is 0 Å². The molecule has 6 rings (SSSR count). The first kappa shape index (κ1) is 39.0. The van der Waals surface area contributed by atoms with Crippen LogP contribution in [0.3, 0.4) is 0 Å². The zero-order valence-electron chi connectivity index (χ0n) is 30.4. The second kappa shape index (κ2) is 21.2. The fraction of sp³-hybridized carbons (Fsp3) is 0.234. The van der Waals surface area contributed by atoms with Gasteiger partial charge in [-0.3, -0.25) is 0 Å². The first-order chi connectivity index (χ1) is 26.2. The van der Waals surface area contributed by atoms with Crippen LogP contribution in [-0.2, 0) is 5.41 Å². The molecule has 0 aliphatic rings. The molecule has 0 bridgehead atoms. The summed E-state index contributed by atoms with van der Waals surface area (Å²) in [5.74, 6) is 2.74. The molecule has 3 nitrogen and oxygen atoms in total. The van der Waals surface area contributed by atoms with E-state index in [1.807, 2.05) is 0 Å². The Morgan fingerprint density at radius 2 is 0.623 bits per heavy atom. The molecule has 0 heterocycles. The van der Waals surface area contributed by atoms with E-state index in [0.717, 1.165) is 56.3 Å². The number of benzene rings is 6. The summed E-state index contributed by atoms with van der Waals surface area (Å²) in [4.78, 5) is 0.